The van der Waals surface area contributed by atoms with Gasteiger partial charge < -0.3 is 10.6 Å². The fraction of sp³-hybridized carbons (Fsp3) is 0.200. The van der Waals surface area contributed by atoms with Crippen LogP contribution in [-0.2, 0) is 17.8 Å². The number of anilines is 1. The Kier molecular flexibility index (Phi) is 3.14. The van der Waals surface area contributed by atoms with Gasteiger partial charge in [-0.15, -0.1) is 0 Å². The van der Waals surface area contributed by atoms with Gasteiger partial charge in [0.15, 0.2) is 0 Å². The lowest BCUT2D eigenvalue weighted by Gasteiger charge is -2.11. The summed E-state index contributed by atoms with van der Waals surface area (Å²) in [5, 5.41) is 6.18. The second-order valence-electron chi connectivity index (χ2n) is 4.64. The summed E-state index contributed by atoms with van der Waals surface area (Å²) < 4.78 is 0. The Morgan fingerprint density at radius 2 is 2.21 bits per heavy atom. The number of aromatic nitrogens is 1. The van der Waals surface area contributed by atoms with Gasteiger partial charge in [-0.1, -0.05) is 24.3 Å². The lowest BCUT2D eigenvalue weighted by molar-refractivity contribution is -0.121. The zero-order valence-corrected chi connectivity index (χ0v) is 10.5. The van der Waals surface area contributed by atoms with Gasteiger partial charge in [-0.2, -0.15) is 0 Å². The molecule has 0 bridgehead atoms. The third-order valence-electron chi connectivity index (χ3n) is 3.28. The maximum Gasteiger partial charge on any atom is 0.243 e. The monoisotopic (exact) mass is 253 g/mol. The Morgan fingerprint density at radius 1 is 1.32 bits per heavy atom. The number of carbonyl (C=O) groups excluding carboxylic acids is 1. The maximum absolute atomic E-state index is 12.1. The molecular weight excluding hydrogens is 238 g/mol. The second kappa shape index (κ2) is 5.10. The van der Waals surface area contributed by atoms with Gasteiger partial charge in [0, 0.05) is 31.0 Å². The van der Waals surface area contributed by atoms with Crippen molar-refractivity contribution in [2.75, 3.05) is 5.32 Å². The SMILES string of the molecule is O=C(NCc1cccnc1)[C@@H]1Cc2ccccc2N1. The molecule has 2 N–H and O–H groups in total. The molecule has 1 aliphatic heterocycles. The first-order valence-corrected chi connectivity index (χ1v) is 6.34. The standard InChI is InChI=1S/C15H15N3O/c19-15(17-10-11-4-3-7-16-9-11)14-8-12-5-1-2-6-13(12)18-14/h1-7,9,14,18H,8,10H2,(H,17,19)/t14-/m0/s1. The molecule has 1 atom stereocenters. The number of hydrogen-bond acceptors (Lipinski definition) is 3. The van der Waals surface area contributed by atoms with E-state index < -0.39 is 0 Å². The molecule has 19 heavy (non-hydrogen) atoms. The Morgan fingerprint density at radius 3 is 3.00 bits per heavy atom. The van der Waals surface area contributed by atoms with Gasteiger partial charge in [0.05, 0.1) is 0 Å². The van der Waals surface area contributed by atoms with E-state index in [0.29, 0.717) is 6.54 Å². The van der Waals surface area contributed by atoms with E-state index in [1.807, 2.05) is 30.3 Å². The summed E-state index contributed by atoms with van der Waals surface area (Å²) >= 11 is 0. The van der Waals surface area contributed by atoms with Gasteiger partial charge in [-0.3, -0.25) is 9.78 Å². The largest absolute Gasteiger partial charge is 0.373 e. The van der Waals surface area contributed by atoms with Crippen LogP contribution in [0.3, 0.4) is 0 Å². The number of nitrogens with one attached hydrogen (secondary N) is 2. The molecule has 3 rings (SSSR count). The van der Waals surface area contributed by atoms with Crippen LogP contribution in [0.25, 0.3) is 0 Å². The number of carbonyl (C=O) groups is 1. The number of nitrogens with zero attached hydrogens (tertiary/aromatic N) is 1. The number of pyridine rings is 1. The first-order chi connectivity index (χ1) is 9.33. The first-order valence-electron chi connectivity index (χ1n) is 6.34. The number of hydrogen-bond donors (Lipinski definition) is 2. The molecule has 0 saturated carbocycles. The van der Waals surface area contributed by atoms with Gasteiger partial charge in [-0.05, 0) is 23.3 Å². The fourth-order valence-corrected chi connectivity index (χ4v) is 2.27. The van der Waals surface area contributed by atoms with Gasteiger partial charge in [0.25, 0.3) is 0 Å². The van der Waals surface area contributed by atoms with Crippen molar-refractivity contribution in [1.82, 2.24) is 10.3 Å². The van der Waals surface area contributed by atoms with E-state index >= 15 is 0 Å². The van der Waals surface area contributed by atoms with Crippen LogP contribution < -0.4 is 10.6 Å². The molecule has 0 radical (unpaired) electrons. The highest BCUT2D eigenvalue weighted by Crippen LogP contribution is 2.25. The van der Waals surface area contributed by atoms with E-state index in [9.17, 15) is 4.79 Å². The van der Waals surface area contributed by atoms with Crippen LogP contribution in [0.4, 0.5) is 5.69 Å². The zero-order valence-electron chi connectivity index (χ0n) is 10.5. The molecule has 1 aromatic heterocycles. The fourth-order valence-electron chi connectivity index (χ4n) is 2.27. The molecule has 0 fully saturated rings. The minimum atomic E-state index is -0.172. The van der Waals surface area contributed by atoms with Crippen molar-refractivity contribution in [2.45, 2.75) is 19.0 Å². The number of para-hydroxylation sites is 1. The number of amides is 1. The van der Waals surface area contributed by atoms with E-state index in [1.54, 1.807) is 12.4 Å². The van der Waals surface area contributed by atoms with E-state index in [0.717, 1.165) is 17.7 Å². The van der Waals surface area contributed by atoms with Crippen molar-refractivity contribution in [2.24, 2.45) is 0 Å². The summed E-state index contributed by atoms with van der Waals surface area (Å²) in [6.45, 7) is 0.515. The lowest BCUT2D eigenvalue weighted by atomic mass is 10.1. The normalized spacial score (nSPS) is 16.5. The molecule has 4 nitrogen and oxygen atoms in total. The van der Waals surface area contributed by atoms with Crippen molar-refractivity contribution in [3.8, 4) is 0 Å². The highest BCUT2D eigenvalue weighted by Gasteiger charge is 2.25. The van der Waals surface area contributed by atoms with E-state index in [4.69, 9.17) is 0 Å². The lowest BCUT2D eigenvalue weighted by Crippen LogP contribution is -2.38. The molecule has 1 aromatic carbocycles. The third kappa shape index (κ3) is 2.57. The smallest absolute Gasteiger partial charge is 0.243 e. The van der Waals surface area contributed by atoms with Gasteiger partial charge in [0.2, 0.25) is 5.91 Å². The predicted octanol–water partition coefficient (Wildman–Crippen LogP) is 1.73. The quantitative estimate of drug-likeness (QED) is 0.876. The highest BCUT2D eigenvalue weighted by molar-refractivity contribution is 5.87. The average Bonchev–Trinajstić information content (AvgIpc) is 2.90. The van der Waals surface area contributed by atoms with Gasteiger partial charge >= 0.3 is 0 Å². The number of rotatable bonds is 3. The second-order valence-corrected chi connectivity index (χ2v) is 4.64. The molecule has 2 heterocycles. The molecule has 0 saturated heterocycles. The summed E-state index contributed by atoms with van der Waals surface area (Å²) in [6.07, 6.45) is 4.23. The molecule has 4 heteroatoms. The molecule has 1 amide bonds. The number of benzene rings is 1. The Balaban J connectivity index is 1.58. The van der Waals surface area contributed by atoms with Crippen molar-refractivity contribution < 1.29 is 4.79 Å². The van der Waals surface area contributed by atoms with Crippen LogP contribution in [0.5, 0.6) is 0 Å². The molecule has 96 valence electrons. The maximum atomic E-state index is 12.1. The van der Waals surface area contributed by atoms with Crippen LogP contribution >= 0.6 is 0 Å². The van der Waals surface area contributed by atoms with Gasteiger partial charge in [-0.25, -0.2) is 0 Å². The van der Waals surface area contributed by atoms with Crippen LogP contribution in [0.2, 0.25) is 0 Å². The topological polar surface area (TPSA) is 54.0 Å². The molecule has 0 spiro atoms. The average molecular weight is 253 g/mol. The van der Waals surface area contributed by atoms with E-state index in [-0.39, 0.29) is 11.9 Å². The van der Waals surface area contributed by atoms with Gasteiger partial charge in [0.1, 0.15) is 6.04 Å². The summed E-state index contributed by atoms with van der Waals surface area (Å²) in [5.41, 5.74) is 3.26. The Labute approximate surface area is 111 Å². The molecule has 0 unspecified atom stereocenters. The van der Waals surface area contributed by atoms with Crippen molar-refractivity contribution >= 4 is 11.6 Å². The third-order valence-corrected chi connectivity index (χ3v) is 3.28. The van der Waals surface area contributed by atoms with Crippen molar-refractivity contribution in [3.05, 3.63) is 59.9 Å². The molecule has 2 aromatic rings. The minimum Gasteiger partial charge on any atom is -0.373 e. The van der Waals surface area contributed by atoms with Crippen LogP contribution in [0, 0.1) is 0 Å². The zero-order chi connectivity index (χ0) is 13.1. The molecule has 0 aliphatic carbocycles. The molecule has 1 aliphatic rings. The van der Waals surface area contributed by atoms with E-state index in [2.05, 4.69) is 21.7 Å². The van der Waals surface area contributed by atoms with Crippen LogP contribution in [0.15, 0.2) is 48.8 Å². The Bertz CT molecular complexity index is 558. The number of fused-ring (bicyclic) bond motifs is 1. The van der Waals surface area contributed by atoms with Crippen LogP contribution in [0.1, 0.15) is 11.1 Å². The Hall–Kier alpha value is -2.36. The molecular formula is C15H15N3O. The summed E-state index contributed by atoms with van der Waals surface area (Å²) in [4.78, 5) is 16.1. The predicted molar refractivity (Wildman–Crippen MR) is 73.6 cm³/mol. The van der Waals surface area contributed by atoms with Crippen molar-refractivity contribution in [1.29, 1.82) is 0 Å². The van der Waals surface area contributed by atoms with Crippen LogP contribution in [-0.4, -0.2) is 16.9 Å². The van der Waals surface area contributed by atoms with Crippen molar-refractivity contribution in [3.63, 3.8) is 0 Å². The highest BCUT2D eigenvalue weighted by atomic mass is 16.2. The summed E-state index contributed by atoms with van der Waals surface area (Å²) in [5.74, 6) is 0.0278. The summed E-state index contributed by atoms with van der Waals surface area (Å²) in [7, 11) is 0. The van der Waals surface area contributed by atoms with E-state index in [1.165, 1.54) is 5.56 Å². The summed E-state index contributed by atoms with van der Waals surface area (Å²) in [6, 6.07) is 11.7. The minimum absolute atomic E-state index is 0.0278. The first kappa shape index (κ1) is 11.7.